The molecule has 0 aliphatic carbocycles. The van der Waals surface area contributed by atoms with Gasteiger partial charge in [-0.3, -0.25) is 43.6 Å². The quantitative estimate of drug-likeness (QED) is 0.0516. The number of Topliss-reactive ketones (excluding diaryl/α,β-unsaturated/α-hetero) is 1. The minimum Gasteiger partial charge on any atom is -0.381 e. The van der Waals surface area contributed by atoms with Crippen LogP contribution in [0.5, 0.6) is 0 Å². The summed E-state index contributed by atoms with van der Waals surface area (Å²) < 4.78 is 31.2. The monoisotopic (exact) mass is 976 g/mol. The molecule has 3 amide bonds. The number of pyridine rings is 1. The number of aliphatic hydroxyl groups is 2. The number of rotatable bonds is 21. The van der Waals surface area contributed by atoms with E-state index in [-0.39, 0.29) is 60.8 Å². The number of hydrogen-bond donors (Lipinski definition) is 8. The number of amides is 3. The highest BCUT2D eigenvalue weighted by Gasteiger charge is 2.28. The Bertz CT molecular complexity index is 2530. The summed E-state index contributed by atoms with van der Waals surface area (Å²) in [5.41, 5.74) is 2.42. The number of nitrogens with zero attached hydrogens (tertiary/aromatic N) is 6. The van der Waals surface area contributed by atoms with Gasteiger partial charge >= 0.3 is 0 Å². The highest BCUT2D eigenvalue weighted by Crippen LogP contribution is 2.22. The molecule has 5 rings (SSSR count). The molecular formula is C47H68N12O9S. The highest BCUT2D eigenvalue weighted by atomic mass is 32.2. The van der Waals surface area contributed by atoms with Crippen LogP contribution in [0.4, 0.5) is 5.95 Å². The number of ketones is 1. The molecule has 22 heteroatoms. The maximum absolute atomic E-state index is 14.0. The van der Waals surface area contributed by atoms with Crippen LogP contribution < -0.4 is 31.4 Å². The Morgan fingerprint density at radius 1 is 0.884 bits per heavy atom. The number of hydrogen-bond acceptors (Lipinski definition) is 15. The summed E-state index contributed by atoms with van der Waals surface area (Å²) in [4.78, 5) is 81.8. The Labute approximate surface area is 404 Å². The second-order valence-corrected chi connectivity index (χ2v) is 19.1. The van der Waals surface area contributed by atoms with Gasteiger partial charge in [-0.05, 0) is 69.4 Å². The molecule has 2 radical (unpaired) electrons. The largest absolute Gasteiger partial charge is 0.381 e. The lowest BCUT2D eigenvalue weighted by Crippen LogP contribution is -2.51. The van der Waals surface area contributed by atoms with E-state index in [9.17, 15) is 42.6 Å². The van der Waals surface area contributed by atoms with Crippen molar-refractivity contribution in [1.82, 2.24) is 54.8 Å². The van der Waals surface area contributed by atoms with Gasteiger partial charge in [0.25, 0.3) is 5.91 Å². The molecule has 1 fully saturated rings. The molecule has 4 aromatic rings. The van der Waals surface area contributed by atoms with Gasteiger partial charge < -0.3 is 41.0 Å². The van der Waals surface area contributed by atoms with Gasteiger partial charge in [0.15, 0.2) is 5.95 Å². The van der Waals surface area contributed by atoms with Crippen LogP contribution in [0.15, 0.2) is 58.6 Å². The zero-order valence-corrected chi connectivity index (χ0v) is 41.0. The van der Waals surface area contributed by atoms with Gasteiger partial charge in [0.1, 0.15) is 17.4 Å². The molecule has 2 aromatic heterocycles. The van der Waals surface area contributed by atoms with Crippen molar-refractivity contribution in [2.45, 2.75) is 77.5 Å². The first-order valence-corrected chi connectivity index (χ1v) is 24.6. The number of aryl methyl sites for hydroxylation is 4. The Morgan fingerprint density at radius 3 is 2.13 bits per heavy atom. The molecule has 2 aromatic carbocycles. The molecule has 2 atom stereocenters. The fraction of sp³-hybridized carbons (Fsp3) is 0.511. The molecule has 376 valence electrons. The van der Waals surface area contributed by atoms with E-state index in [0.29, 0.717) is 94.3 Å². The predicted molar refractivity (Wildman–Crippen MR) is 261 cm³/mol. The summed E-state index contributed by atoms with van der Waals surface area (Å²) >= 11 is 0. The topological polar surface area (TPSA) is 267 Å². The first-order chi connectivity index (χ1) is 32.9. The second-order valence-electron chi connectivity index (χ2n) is 17.4. The van der Waals surface area contributed by atoms with Crippen molar-refractivity contribution in [3.8, 4) is 0 Å². The van der Waals surface area contributed by atoms with Gasteiger partial charge in [-0.1, -0.05) is 30.7 Å². The van der Waals surface area contributed by atoms with Gasteiger partial charge in [-0.2, -0.15) is 4.72 Å². The average molecular weight is 977 g/mol. The summed E-state index contributed by atoms with van der Waals surface area (Å²) in [6.45, 7) is 12.2. The Morgan fingerprint density at radius 2 is 1.52 bits per heavy atom. The number of H-pyrrole nitrogens is 1. The zero-order chi connectivity index (χ0) is 50.3. The second kappa shape index (κ2) is 25.9. The number of carbonyl (C=O) groups is 4. The summed E-state index contributed by atoms with van der Waals surface area (Å²) in [5, 5.41) is 31.4. The van der Waals surface area contributed by atoms with Crippen molar-refractivity contribution >= 4 is 50.4 Å². The smallest absolute Gasteiger partial charge is 0.256 e. The molecule has 21 nitrogen and oxygen atoms in total. The lowest BCUT2D eigenvalue weighted by atomic mass is 10.1. The molecule has 1 aliphatic heterocycles. The third kappa shape index (κ3) is 15.7. The summed E-state index contributed by atoms with van der Waals surface area (Å²) in [6.07, 6.45) is 5.39. The van der Waals surface area contributed by atoms with Crippen molar-refractivity contribution in [1.29, 1.82) is 0 Å². The number of nitrogens with one attached hydrogen (secondary N) is 6. The predicted octanol–water partition coefficient (Wildman–Crippen LogP) is 0.119. The van der Waals surface area contributed by atoms with Crippen LogP contribution in [0.25, 0.3) is 10.9 Å². The SMILES string of the molecule is [CH]N1CCN(CO)CCN(CO)CCN(CC(=O)N[C@@H](CC)C(=O)NCCCn2cc(C(=O)NCC(NS(=O)(=O)c3c(C)cc(C)cc3C)C(C)=O)c(=O)c3ccc(CNc4ncc[nH]4)cc32)CC1. The fourth-order valence-corrected chi connectivity index (χ4v) is 9.92. The van der Waals surface area contributed by atoms with Crippen LogP contribution >= 0.6 is 0 Å². The first-order valence-electron chi connectivity index (χ1n) is 23.2. The van der Waals surface area contributed by atoms with E-state index in [4.69, 9.17) is 7.05 Å². The van der Waals surface area contributed by atoms with E-state index in [1.54, 1.807) is 66.9 Å². The maximum Gasteiger partial charge on any atom is 0.256 e. The standard InChI is InChI=1S/C47H68N12O9S/c1-7-39(53-42(63)29-56-17-15-55(6)16-18-57(30-60)21-22-58(31-61)20-19-56)46(66)48-11-8-14-59-28-38(43(64)37-10-9-36(25-41(37)59)26-52-47-49-12-13-50-47)45(65)51-27-40(35(5)62)54-69(67,68)44-33(3)23-32(2)24-34(44)4/h6,9-10,12-13,23-25,28,39-40,54,60-61H,7-8,11,14-22,26-27,29-31H2,1-5H3,(H,48,66)(H,51,65)(H,53,63)(H2,49,50,52)/t39-,40?/m0/s1. The van der Waals surface area contributed by atoms with Crippen molar-refractivity contribution in [3.63, 3.8) is 0 Å². The number of carbonyl (C=O) groups excluding carboxylic acids is 4. The van der Waals surface area contributed by atoms with Crippen molar-refractivity contribution in [3.05, 3.63) is 94.0 Å². The lowest BCUT2D eigenvalue weighted by Gasteiger charge is -2.31. The maximum atomic E-state index is 14.0. The van der Waals surface area contributed by atoms with Crippen LogP contribution in [0.2, 0.25) is 0 Å². The fourth-order valence-electron chi connectivity index (χ4n) is 8.21. The van der Waals surface area contributed by atoms with Crippen LogP contribution in [0, 0.1) is 27.8 Å². The molecule has 1 unspecified atom stereocenters. The Balaban J connectivity index is 1.26. The summed E-state index contributed by atoms with van der Waals surface area (Å²) in [7, 11) is 2.02. The van der Waals surface area contributed by atoms with Gasteiger partial charge in [-0.25, -0.2) is 13.4 Å². The molecule has 69 heavy (non-hydrogen) atoms. The van der Waals surface area contributed by atoms with E-state index in [1.807, 2.05) is 27.7 Å². The van der Waals surface area contributed by atoms with Crippen LogP contribution in [-0.2, 0) is 37.5 Å². The van der Waals surface area contributed by atoms with Gasteiger partial charge in [0.05, 0.1) is 36.5 Å². The van der Waals surface area contributed by atoms with Crippen LogP contribution in [-0.4, -0.2) is 174 Å². The normalized spacial score (nSPS) is 16.0. The first kappa shape index (κ1) is 54.4. The van der Waals surface area contributed by atoms with Crippen molar-refractivity contribution < 1.29 is 37.8 Å². The van der Waals surface area contributed by atoms with Gasteiger partial charge in [-0.15, -0.1) is 0 Å². The van der Waals surface area contributed by atoms with E-state index in [2.05, 4.69) is 36.0 Å². The van der Waals surface area contributed by atoms with E-state index < -0.39 is 45.8 Å². The molecule has 1 aliphatic rings. The van der Waals surface area contributed by atoms with E-state index in [0.717, 1.165) is 11.1 Å². The molecular weight excluding hydrogens is 909 g/mol. The zero-order valence-electron chi connectivity index (χ0n) is 40.2. The third-order valence-electron chi connectivity index (χ3n) is 12.1. The molecule has 3 heterocycles. The van der Waals surface area contributed by atoms with Crippen molar-refractivity contribution in [2.75, 3.05) is 90.8 Å². The molecule has 8 N–H and O–H groups in total. The third-order valence-corrected chi connectivity index (χ3v) is 13.8. The molecule has 0 spiro atoms. The molecule has 0 bridgehead atoms. The number of aromatic nitrogens is 3. The molecule has 1 saturated heterocycles. The number of imidazole rings is 1. The summed E-state index contributed by atoms with van der Waals surface area (Å²) in [5.74, 6) is -1.53. The number of fused-ring (bicyclic) bond motifs is 1. The number of aliphatic hydroxyl groups excluding tert-OH is 2. The van der Waals surface area contributed by atoms with Crippen molar-refractivity contribution in [2.24, 2.45) is 0 Å². The van der Waals surface area contributed by atoms with Crippen LogP contribution in [0.3, 0.4) is 0 Å². The number of aromatic amines is 1. The summed E-state index contributed by atoms with van der Waals surface area (Å²) in [6, 6.07) is 6.50. The van der Waals surface area contributed by atoms with Gasteiger partial charge in [0.2, 0.25) is 27.3 Å². The minimum atomic E-state index is -4.19. The molecule has 0 saturated carbocycles. The van der Waals surface area contributed by atoms with Crippen LogP contribution in [0.1, 0.15) is 59.3 Å². The Kier molecular flexibility index (Phi) is 20.4. The minimum absolute atomic E-state index is 0.00581. The average Bonchev–Trinajstić information content (AvgIpc) is 3.83. The van der Waals surface area contributed by atoms with E-state index >= 15 is 0 Å². The highest BCUT2D eigenvalue weighted by molar-refractivity contribution is 7.89. The van der Waals surface area contributed by atoms with Gasteiger partial charge in [0, 0.05) is 110 Å². The number of anilines is 1. The lowest BCUT2D eigenvalue weighted by molar-refractivity contribution is -0.129. The number of sulfonamides is 1. The van der Waals surface area contributed by atoms with E-state index in [1.165, 1.54) is 13.1 Å². The number of benzene rings is 2. The Hall–Kier alpha value is -5.59.